The van der Waals surface area contributed by atoms with Crippen molar-refractivity contribution in [2.24, 2.45) is 10.9 Å². The van der Waals surface area contributed by atoms with E-state index in [0.29, 0.717) is 19.1 Å². The molecule has 1 amide bonds. The summed E-state index contributed by atoms with van der Waals surface area (Å²) in [4.78, 5) is 16.2. The highest BCUT2D eigenvalue weighted by atomic mass is 16.5. The van der Waals surface area contributed by atoms with E-state index in [2.05, 4.69) is 34.8 Å². The van der Waals surface area contributed by atoms with E-state index in [9.17, 15) is 4.79 Å². The van der Waals surface area contributed by atoms with Gasteiger partial charge >= 0.3 is 6.09 Å². The van der Waals surface area contributed by atoms with Gasteiger partial charge in [-0.05, 0) is 39.5 Å². The molecule has 0 radical (unpaired) electrons. The maximum Gasteiger partial charge on any atom is 0.407 e. The van der Waals surface area contributed by atoms with Crippen LogP contribution in [0.3, 0.4) is 0 Å². The van der Waals surface area contributed by atoms with Gasteiger partial charge in [0.15, 0.2) is 5.96 Å². The van der Waals surface area contributed by atoms with Crippen molar-refractivity contribution in [1.82, 2.24) is 16.0 Å². The second-order valence-corrected chi connectivity index (χ2v) is 5.89. The summed E-state index contributed by atoms with van der Waals surface area (Å²) in [6.45, 7) is 14.0. The Bertz CT molecular complexity index is 349. The molecule has 0 bridgehead atoms. The molecule has 0 heterocycles. The zero-order chi connectivity index (χ0) is 18.2. The summed E-state index contributed by atoms with van der Waals surface area (Å²) >= 11 is 0. The van der Waals surface area contributed by atoms with Crippen molar-refractivity contribution in [2.75, 3.05) is 39.5 Å². The quantitative estimate of drug-likeness (QED) is 0.287. The van der Waals surface area contributed by atoms with E-state index in [0.717, 1.165) is 45.1 Å². The van der Waals surface area contributed by atoms with Gasteiger partial charge in [0.2, 0.25) is 0 Å². The first-order chi connectivity index (χ1) is 11.5. The molecule has 7 heteroatoms. The molecule has 1 atom stereocenters. The zero-order valence-corrected chi connectivity index (χ0v) is 16.0. The van der Waals surface area contributed by atoms with Crippen molar-refractivity contribution in [3.8, 4) is 0 Å². The van der Waals surface area contributed by atoms with Crippen LogP contribution in [0.2, 0.25) is 0 Å². The standard InChI is InChI=1S/C17H36N4O3/c1-6-18-16(19-10-9-11-23-7-2)20-13-15(12-14(4)5)21-17(22)24-8-3/h14-15H,6-13H2,1-5H3,(H,21,22)(H2,18,19,20). The topological polar surface area (TPSA) is 84.0 Å². The van der Waals surface area contributed by atoms with Gasteiger partial charge in [-0.3, -0.25) is 4.99 Å². The Morgan fingerprint density at radius 1 is 1.12 bits per heavy atom. The monoisotopic (exact) mass is 344 g/mol. The Morgan fingerprint density at radius 3 is 2.46 bits per heavy atom. The highest BCUT2D eigenvalue weighted by Crippen LogP contribution is 2.05. The summed E-state index contributed by atoms with van der Waals surface area (Å²) in [5.41, 5.74) is 0. The first-order valence-corrected chi connectivity index (χ1v) is 9.06. The van der Waals surface area contributed by atoms with E-state index < -0.39 is 0 Å². The lowest BCUT2D eigenvalue weighted by molar-refractivity contribution is 0.145. The number of amides is 1. The van der Waals surface area contributed by atoms with Gasteiger partial charge in [-0.2, -0.15) is 0 Å². The van der Waals surface area contributed by atoms with Crippen molar-refractivity contribution >= 4 is 12.1 Å². The minimum Gasteiger partial charge on any atom is -0.450 e. The van der Waals surface area contributed by atoms with Crippen LogP contribution in [0.5, 0.6) is 0 Å². The van der Waals surface area contributed by atoms with Crippen LogP contribution in [0.25, 0.3) is 0 Å². The summed E-state index contributed by atoms with van der Waals surface area (Å²) in [7, 11) is 0. The van der Waals surface area contributed by atoms with E-state index in [1.165, 1.54) is 0 Å². The number of carbonyl (C=O) groups excluding carboxylic acids is 1. The Labute approximate surface area is 147 Å². The highest BCUT2D eigenvalue weighted by molar-refractivity contribution is 5.79. The SMILES string of the molecule is CCNC(=NCC(CC(C)C)NC(=O)OCC)NCCCOCC. The number of ether oxygens (including phenoxy) is 2. The number of hydrogen-bond donors (Lipinski definition) is 3. The molecule has 0 aromatic rings. The van der Waals surface area contributed by atoms with Crippen molar-refractivity contribution in [3.63, 3.8) is 0 Å². The van der Waals surface area contributed by atoms with Gasteiger partial charge in [-0.15, -0.1) is 0 Å². The van der Waals surface area contributed by atoms with Crippen LogP contribution in [0.4, 0.5) is 4.79 Å². The molecule has 1 unspecified atom stereocenters. The molecule has 0 aliphatic carbocycles. The van der Waals surface area contributed by atoms with Crippen molar-refractivity contribution in [1.29, 1.82) is 0 Å². The summed E-state index contributed by atoms with van der Waals surface area (Å²) < 4.78 is 10.3. The highest BCUT2D eigenvalue weighted by Gasteiger charge is 2.14. The van der Waals surface area contributed by atoms with E-state index in [1.54, 1.807) is 6.92 Å². The molecule has 0 aliphatic heterocycles. The number of guanidine groups is 1. The van der Waals surface area contributed by atoms with Gasteiger partial charge in [-0.1, -0.05) is 13.8 Å². The van der Waals surface area contributed by atoms with Crippen molar-refractivity contribution in [3.05, 3.63) is 0 Å². The molecule has 0 aromatic carbocycles. The molecule has 0 aromatic heterocycles. The summed E-state index contributed by atoms with van der Waals surface area (Å²) in [6.07, 6.45) is 1.40. The molecule has 3 N–H and O–H groups in total. The minimum absolute atomic E-state index is 0.0390. The maximum absolute atomic E-state index is 11.7. The first-order valence-electron chi connectivity index (χ1n) is 9.06. The molecule has 0 fully saturated rings. The number of nitrogens with zero attached hydrogens (tertiary/aromatic N) is 1. The third-order valence-electron chi connectivity index (χ3n) is 3.13. The molecule has 7 nitrogen and oxygen atoms in total. The van der Waals surface area contributed by atoms with Crippen molar-refractivity contribution < 1.29 is 14.3 Å². The first kappa shape index (κ1) is 22.5. The summed E-state index contributed by atoms with van der Waals surface area (Å²) in [5, 5.41) is 9.38. The van der Waals surface area contributed by atoms with Gasteiger partial charge in [0.25, 0.3) is 0 Å². The lowest BCUT2D eigenvalue weighted by Crippen LogP contribution is -2.42. The Morgan fingerprint density at radius 2 is 1.88 bits per heavy atom. The van der Waals surface area contributed by atoms with Crippen LogP contribution >= 0.6 is 0 Å². The predicted molar refractivity (Wildman–Crippen MR) is 98.5 cm³/mol. The lowest BCUT2D eigenvalue weighted by atomic mass is 10.0. The largest absolute Gasteiger partial charge is 0.450 e. The van der Waals surface area contributed by atoms with E-state index >= 15 is 0 Å². The maximum atomic E-state index is 11.7. The van der Waals surface area contributed by atoms with Gasteiger partial charge < -0.3 is 25.4 Å². The predicted octanol–water partition coefficient (Wildman–Crippen LogP) is 2.13. The molecular weight excluding hydrogens is 308 g/mol. The minimum atomic E-state index is -0.381. The average Bonchev–Trinajstić information content (AvgIpc) is 2.51. The van der Waals surface area contributed by atoms with Crippen molar-refractivity contribution in [2.45, 2.75) is 53.5 Å². The summed E-state index contributed by atoms with van der Waals surface area (Å²) in [5.74, 6) is 1.22. The van der Waals surface area contributed by atoms with Gasteiger partial charge in [-0.25, -0.2) is 4.79 Å². The molecule has 0 rings (SSSR count). The molecule has 0 spiro atoms. The third kappa shape index (κ3) is 13.0. The van der Waals surface area contributed by atoms with Crippen LogP contribution in [0.15, 0.2) is 4.99 Å². The number of rotatable bonds is 12. The zero-order valence-electron chi connectivity index (χ0n) is 16.0. The Hall–Kier alpha value is -1.50. The smallest absolute Gasteiger partial charge is 0.407 e. The number of nitrogens with one attached hydrogen (secondary N) is 3. The van der Waals surface area contributed by atoms with Crippen LogP contribution in [-0.4, -0.2) is 57.5 Å². The molecule has 24 heavy (non-hydrogen) atoms. The van der Waals surface area contributed by atoms with Crippen LogP contribution < -0.4 is 16.0 Å². The average molecular weight is 345 g/mol. The summed E-state index contributed by atoms with van der Waals surface area (Å²) in [6, 6.07) is -0.0390. The molecular formula is C17H36N4O3. The second kappa shape index (κ2) is 15.1. The van der Waals surface area contributed by atoms with Gasteiger partial charge in [0, 0.05) is 26.3 Å². The Balaban J connectivity index is 4.49. The number of hydrogen-bond acceptors (Lipinski definition) is 4. The number of aliphatic imine (C=N–C) groups is 1. The fourth-order valence-corrected chi connectivity index (χ4v) is 2.16. The van der Waals surface area contributed by atoms with Crippen LogP contribution in [-0.2, 0) is 9.47 Å². The normalized spacial score (nSPS) is 12.8. The fraction of sp³-hybridized carbons (Fsp3) is 0.882. The molecule has 142 valence electrons. The second-order valence-electron chi connectivity index (χ2n) is 5.89. The Kier molecular flexibility index (Phi) is 14.1. The van der Waals surface area contributed by atoms with Crippen LogP contribution in [0.1, 0.15) is 47.5 Å². The van der Waals surface area contributed by atoms with Gasteiger partial charge in [0.05, 0.1) is 19.2 Å². The van der Waals surface area contributed by atoms with E-state index in [4.69, 9.17) is 9.47 Å². The fourth-order valence-electron chi connectivity index (χ4n) is 2.16. The lowest BCUT2D eigenvalue weighted by Gasteiger charge is -2.19. The molecule has 0 saturated carbocycles. The van der Waals surface area contributed by atoms with Gasteiger partial charge in [0.1, 0.15) is 0 Å². The third-order valence-corrected chi connectivity index (χ3v) is 3.13. The van der Waals surface area contributed by atoms with E-state index in [-0.39, 0.29) is 12.1 Å². The molecule has 0 saturated heterocycles. The van der Waals surface area contributed by atoms with E-state index in [1.807, 2.05) is 13.8 Å². The van der Waals surface area contributed by atoms with Crippen LogP contribution in [0, 0.1) is 5.92 Å². The molecule has 0 aliphatic rings. The number of carbonyl (C=O) groups is 1. The number of alkyl carbamates (subject to hydrolysis) is 1.